The number of thioether (sulfide) groups is 1. The number of likely N-dealkylation sites (tertiary alicyclic amines) is 1. The molecule has 1 aliphatic rings. The Balaban J connectivity index is 2.21. The summed E-state index contributed by atoms with van der Waals surface area (Å²) < 4.78 is 0.190. The molecule has 1 saturated heterocycles. The molecule has 0 aromatic rings. The maximum absolute atomic E-state index is 11.3. The number of amides is 1. The number of guanidine groups is 1. The van der Waals surface area contributed by atoms with E-state index < -0.39 is 0 Å². The quantitative estimate of drug-likeness (QED) is 0.346. The first-order valence-electron chi connectivity index (χ1n) is 8.39. The minimum absolute atomic E-state index is 0.0277. The number of piperidine rings is 1. The summed E-state index contributed by atoms with van der Waals surface area (Å²) in [5, 5.41) is 6.72. The van der Waals surface area contributed by atoms with Gasteiger partial charge in [-0.3, -0.25) is 9.79 Å². The molecule has 23 heavy (non-hydrogen) atoms. The Kier molecular flexibility index (Phi) is 8.76. The fourth-order valence-corrected chi connectivity index (χ4v) is 2.81. The standard InChI is InChI=1S/C16H33N5OS/c1-16(2,23-4)12-20-15(18-3)19-8-6-10-21-9-5-7-13(11-21)14(17)22/h13H,5-12H2,1-4H3,(H2,17,22)(H2,18,19,20). The molecule has 1 aliphatic heterocycles. The second kappa shape index (κ2) is 10.0. The van der Waals surface area contributed by atoms with Crippen molar-refractivity contribution in [2.24, 2.45) is 16.6 Å². The van der Waals surface area contributed by atoms with Crippen LogP contribution < -0.4 is 16.4 Å². The summed E-state index contributed by atoms with van der Waals surface area (Å²) >= 11 is 1.84. The van der Waals surface area contributed by atoms with Crippen molar-refractivity contribution < 1.29 is 4.79 Å². The molecular formula is C16H33N5OS. The third-order valence-corrected chi connectivity index (χ3v) is 5.56. The number of hydrogen-bond donors (Lipinski definition) is 3. The van der Waals surface area contributed by atoms with Gasteiger partial charge in [0.25, 0.3) is 0 Å². The van der Waals surface area contributed by atoms with Crippen molar-refractivity contribution in [2.45, 2.75) is 37.9 Å². The highest BCUT2D eigenvalue weighted by Gasteiger charge is 2.23. The van der Waals surface area contributed by atoms with Gasteiger partial charge in [0.2, 0.25) is 5.91 Å². The SMILES string of the molecule is CN=C(NCCCN1CCCC(C(N)=O)C1)NCC(C)(C)SC. The van der Waals surface area contributed by atoms with Gasteiger partial charge in [-0.05, 0) is 52.5 Å². The lowest BCUT2D eigenvalue weighted by Crippen LogP contribution is -2.45. The highest BCUT2D eigenvalue weighted by atomic mass is 32.2. The van der Waals surface area contributed by atoms with Crippen molar-refractivity contribution >= 4 is 23.6 Å². The van der Waals surface area contributed by atoms with E-state index in [1.54, 1.807) is 7.05 Å². The summed E-state index contributed by atoms with van der Waals surface area (Å²) in [5.41, 5.74) is 5.42. The summed E-state index contributed by atoms with van der Waals surface area (Å²) in [6.45, 7) is 9.04. The van der Waals surface area contributed by atoms with Crippen molar-refractivity contribution in [3.63, 3.8) is 0 Å². The van der Waals surface area contributed by atoms with Gasteiger partial charge in [0.1, 0.15) is 0 Å². The monoisotopic (exact) mass is 343 g/mol. The van der Waals surface area contributed by atoms with E-state index in [1.807, 2.05) is 11.8 Å². The molecule has 1 unspecified atom stereocenters. The number of aliphatic imine (C=N–C) groups is 1. The number of hydrogen-bond acceptors (Lipinski definition) is 4. The van der Waals surface area contributed by atoms with Crippen molar-refractivity contribution in [3.8, 4) is 0 Å². The Morgan fingerprint density at radius 2 is 2.17 bits per heavy atom. The van der Waals surface area contributed by atoms with Crippen molar-refractivity contribution in [3.05, 3.63) is 0 Å². The molecule has 0 saturated carbocycles. The Hall–Kier alpha value is -0.950. The molecule has 1 fully saturated rings. The summed E-state index contributed by atoms with van der Waals surface area (Å²) in [6, 6.07) is 0. The lowest BCUT2D eigenvalue weighted by molar-refractivity contribution is -0.123. The predicted molar refractivity (Wildman–Crippen MR) is 99.9 cm³/mol. The van der Waals surface area contributed by atoms with Crippen LogP contribution in [0.1, 0.15) is 33.1 Å². The Labute approximate surface area is 145 Å². The number of nitrogens with two attached hydrogens (primary N) is 1. The van der Waals surface area contributed by atoms with Crippen LogP contribution in [-0.4, -0.2) is 67.5 Å². The molecule has 4 N–H and O–H groups in total. The van der Waals surface area contributed by atoms with Crippen LogP contribution in [0.5, 0.6) is 0 Å². The maximum Gasteiger partial charge on any atom is 0.221 e. The smallest absolute Gasteiger partial charge is 0.221 e. The molecule has 0 aromatic carbocycles. The summed E-state index contributed by atoms with van der Waals surface area (Å²) in [5.74, 6) is 0.717. The van der Waals surface area contributed by atoms with Crippen LogP contribution in [0.2, 0.25) is 0 Å². The zero-order valence-electron chi connectivity index (χ0n) is 15.0. The van der Waals surface area contributed by atoms with Gasteiger partial charge >= 0.3 is 0 Å². The van der Waals surface area contributed by atoms with Crippen LogP contribution in [0.25, 0.3) is 0 Å². The molecule has 1 amide bonds. The molecule has 0 aromatic heterocycles. The van der Waals surface area contributed by atoms with Gasteiger partial charge in [-0.25, -0.2) is 0 Å². The second-order valence-electron chi connectivity index (χ2n) is 6.71. The average Bonchev–Trinajstić information content (AvgIpc) is 2.54. The molecule has 134 valence electrons. The van der Waals surface area contributed by atoms with E-state index >= 15 is 0 Å². The van der Waals surface area contributed by atoms with E-state index in [0.29, 0.717) is 0 Å². The van der Waals surface area contributed by atoms with Crippen LogP contribution in [0.4, 0.5) is 0 Å². The fourth-order valence-electron chi connectivity index (χ4n) is 2.59. The predicted octanol–water partition coefficient (Wildman–Crippen LogP) is 0.880. The number of nitrogens with zero attached hydrogens (tertiary/aromatic N) is 2. The molecular weight excluding hydrogens is 310 g/mol. The van der Waals surface area contributed by atoms with Crippen LogP contribution in [0.15, 0.2) is 4.99 Å². The van der Waals surface area contributed by atoms with Crippen LogP contribution in [0.3, 0.4) is 0 Å². The third-order valence-electron chi connectivity index (χ3n) is 4.31. The number of carbonyl (C=O) groups is 1. The summed E-state index contributed by atoms with van der Waals surface area (Å²) in [6.07, 6.45) is 5.15. The first-order valence-corrected chi connectivity index (χ1v) is 9.62. The van der Waals surface area contributed by atoms with Gasteiger partial charge in [-0.15, -0.1) is 0 Å². The molecule has 1 atom stereocenters. The zero-order valence-corrected chi connectivity index (χ0v) is 15.8. The highest BCUT2D eigenvalue weighted by Crippen LogP contribution is 2.19. The third kappa shape index (κ3) is 7.92. The largest absolute Gasteiger partial charge is 0.369 e. The lowest BCUT2D eigenvalue weighted by atomic mass is 9.97. The first kappa shape index (κ1) is 20.1. The van der Waals surface area contributed by atoms with E-state index in [-0.39, 0.29) is 16.6 Å². The number of nitrogens with one attached hydrogen (secondary N) is 2. The topological polar surface area (TPSA) is 82.8 Å². The lowest BCUT2D eigenvalue weighted by Gasteiger charge is -2.31. The Bertz CT molecular complexity index is 400. The van der Waals surface area contributed by atoms with Crippen LogP contribution in [-0.2, 0) is 4.79 Å². The normalized spacial score (nSPS) is 20.3. The van der Waals surface area contributed by atoms with Gasteiger partial charge in [-0.2, -0.15) is 11.8 Å². The van der Waals surface area contributed by atoms with E-state index in [9.17, 15) is 4.79 Å². The number of carbonyl (C=O) groups excluding carboxylic acids is 1. The van der Waals surface area contributed by atoms with Crippen LogP contribution in [0, 0.1) is 5.92 Å². The number of rotatable bonds is 8. The fraction of sp³-hybridized carbons (Fsp3) is 0.875. The highest BCUT2D eigenvalue weighted by molar-refractivity contribution is 7.99. The molecule has 0 aliphatic carbocycles. The molecule has 1 heterocycles. The molecule has 7 heteroatoms. The van der Waals surface area contributed by atoms with Crippen LogP contribution >= 0.6 is 11.8 Å². The minimum Gasteiger partial charge on any atom is -0.369 e. The number of primary amides is 1. The van der Waals surface area contributed by atoms with Gasteiger partial charge in [0.15, 0.2) is 5.96 Å². The summed E-state index contributed by atoms with van der Waals surface area (Å²) in [4.78, 5) is 17.9. The van der Waals surface area contributed by atoms with Crippen molar-refractivity contribution in [1.29, 1.82) is 0 Å². The first-order chi connectivity index (χ1) is 10.9. The van der Waals surface area contributed by atoms with Gasteiger partial charge in [-0.1, -0.05) is 0 Å². The van der Waals surface area contributed by atoms with E-state index in [2.05, 4.69) is 40.6 Å². The molecule has 6 nitrogen and oxygen atoms in total. The molecule has 1 rings (SSSR count). The summed E-state index contributed by atoms with van der Waals surface area (Å²) in [7, 11) is 1.80. The van der Waals surface area contributed by atoms with Gasteiger partial charge in [0.05, 0.1) is 5.92 Å². The average molecular weight is 344 g/mol. The zero-order chi connectivity index (χ0) is 17.3. The van der Waals surface area contributed by atoms with Gasteiger partial charge < -0.3 is 21.3 Å². The maximum atomic E-state index is 11.3. The van der Waals surface area contributed by atoms with Gasteiger partial charge in [0, 0.05) is 31.4 Å². The molecule has 0 bridgehead atoms. The molecule has 0 radical (unpaired) electrons. The van der Waals surface area contributed by atoms with Crippen molar-refractivity contribution in [1.82, 2.24) is 15.5 Å². The Morgan fingerprint density at radius 1 is 1.43 bits per heavy atom. The van der Waals surface area contributed by atoms with E-state index in [0.717, 1.165) is 57.9 Å². The van der Waals surface area contributed by atoms with Crippen molar-refractivity contribution in [2.75, 3.05) is 46.0 Å². The minimum atomic E-state index is -0.158. The second-order valence-corrected chi connectivity index (χ2v) is 8.23. The van der Waals surface area contributed by atoms with E-state index in [4.69, 9.17) is 5.73 Å². The Morgan fingerprint density at radius 3 is 2.78 bits per heavy atom. The van der Waals surface area contributed by atoms with E-state index in [1.165, 1.54) is 0 Å². The molecule has 0 spiro atoms.